The van der Waals surface area contributed by atoms with Crippen molar-refractivity contribution < 1.29 is 14.3 Å². The fourth-order valence-electron chi connectivity index (χ4n) is 6.78. The average Bonchev–Trinajstić information content (AvgIpc) is 3.32. The van der Waals surface area contributed by atoms with Gasteiger partial charge in [0.1, 0.15) is 0 Å². The molecule has 1 aliphatic carbocycles. The first-order valence-electron chi connectivity index (χ1n) is 12.9. The molecule has 3 aliphatic rings. The van der Waals surface area contributed by atoms with Gasteiger partial charge in [-0.25, -0.2) is 0 Å². The van der Waals surface area contributed by atoms with Crippen LogP contribution < -0.4 is 4.90 Å². The van der Waals surface area contributed by atoms with Crippen LogP contribution in [0.2, 0.25) is 0 Å². The Kier molecular flexibility index (Phi) is 5.60. The van der Waals surface area contributed by atoms with Gasteiger partial charge in [0.25, 0.3) is 0 Å². The third kappa shape index (κ3) is 3.56. The van der Waals surface area contributed by atoms with Gasteiger partial charge < -0.3 is 9.64 Å². The van der Waals surface area contributed by atoms with Crippen LogP contribution >= 0.6 is 0 Å². The van der Waals surface area contributed by atoms with E-state index in [9.17, 15) is 9.59 Å². The highest BCUT2D eigenvalue weighted by Crippen LogP contribution is 2.49. The number of carbonyl (C=O) groups excluding carboxylic acids is 2. The Balaban J connectivity index is 1.21. The molecule has 1 fully saturated rings. The molecule has 1 saturated heterocycles. The maximum atomic E-state index is 13.6. The normalized spacial score (nSPS) is 24.2. The van der Waals surface area contributed by atoms with Crippen molar-refractivity contribution in [2.45, 2.75) is 57.0 Å². The second-order valence-electron chi connectivity index (χ2n) is 10.1. The number of esters is 1. The number of amides is 1. The van der Waals surface area contributed by atoms with Crippen molar-refractivity contribution in [3.05, 3.63) is 77.4 Å². The molecule has 6 rings (SSSR count). The van der Waals surface area contributed by atoms with Crippen molar-refractivity contribution >= 4 is 28.3 Å². The summed E-state index contributed by atoms with van der Waals surface area (Å²) in [5.74, 6) is -0.244. The quantitative estimate of drug-likeness (QED) is 0.461. The number of carbonyl (C=O) groups is 2. The van der Waals surface area contributed by atoms with E-state index in [-0.39, 0.29) is 24.3 Å². The highest BCUT2D eigenvalue weighted by molar-refractivity contribution is 6.07. The lowest BCUT2D eigenvalue weighted by Gasteiger charge is -2.41. The number of ether oxygens (including phenoxy) is 1. The number of benzene rings is 3. The highest BCUT2D eigenvalue weighted by Gasteiger charge is 2.44. The topological polar surface area (TPSA) is 49.9 Å². The second-order valence-corrected chi connectivity index (χ2v) is 10.1. The van der Waals surface area contributed by atoms with Gasteiger partial charge in [-0.2, -0.15) is 0 Å². The predicted octanol–water partition coefficient (Wildman–Crippen LogP) is 5.55. The van der Waals surface area contributed by atoms with E-state index in [0.29, 0.717) is 18.6 Å². The standard InChI is InChI=1S/C30H32N2O3/c1-3-35-27(33)18-25-23-10-4-5-13-26(23)32(30(25)34)21-14-16-31(17-15-21)29-19(2)22-11-6-8-20-9-7-12-24(29)28(20)22/h4-13,19,21,25,29H,3,14-18H2,1-2H3. The molecule has 180 valence electrons. The molecule has 0 radical (unpaired) electrons. The number of fused-ring (bicyclic) bond motifs is 1. The summed E-state index contributed by atoms with van der Waals surface area (Å²) in [6, 6.07) is 21.9. The molecular weight excluding hydrogens is 436 g/mol. The molecule has 3 aromatic rings. The van der Waals surface area contributed by atoms with Crippen LogP contribution in [-0.2, 0) is 14.3 Å². The van der Waals surface area contributed by atoms with Gasteiger partial charge in [-0.1, -0.05) is 61.5 Å². The first kappa shape index (κ1) is 22.3. The number of nitrogens with zero attached hydrogens (tertiary/aromatic N) is 2. The molecule has 1 amide bonds. The molecule has 3 atom stereocenters. The monoisotopic (exact) mass is 468 g/mol. The van der Waals surface area contributed by atoms with E-state index in [0.717, 1.165) is 37.2 Å². The van der Waals surface area contributed by atoms with E-state index in [1.165, 1.54) is 21.9 Å². The zero-order valence-electron chi connectivity index (χ0n) is 20.4. The number of para-hydroxylation sites is 1. The molecule has 35 heavy (non-hydrogen) atoms. The van der Waals surface area contributed by atoms with Crippen LogP contribution in [0.3, 0.4) is 0 Å². The summed E-state index contributed by atoms with van der Waals surface area (Å²) in [5.41, 5.74) is 4.83. The van der Waals surface area contributed by atoms with Gasteiger partial charge in [-0.3, -0.25) is 14.5 Å². The molecule has 2 heterocycles. The van der Waals surface area contributed by atoms with Crippen LogP contribution in [0.5, 0.6) is 0 Å². The molecule has 2 aliphatic heterocycles. The number of hydrogen-bond acceptors (Lipinski definition) is 4. The molecule has 0 aromatic heterocycles. The van der Waals surface area contributed by atoms with Gasteiger partial charge in [0.05, 0.1) is 18.9 Å². The SMILES string of the molecule is CCOC(=O)CC1C(=O)N(C2CCN(C3c4cccc5cccc(c45)C3C)CC2)c2ccccc21. The average molecular weight is 469 g/mol. The van der Waals surface area contributed by atoms with Crippen LogP contribution in [0.1, 0.15) is 67.7 Å². The van der Waals surface area contributed by atoms with E-state index < -0.39 is 5.92 Å². The molecule has 0 saturated carbocycles. The van der Waals surface area contributed by atoms with Gasteiger partial charge in [0.2, 0.25) is 5.91 Å². The third-order valence-corrected chi connectivity index (χ3v) is 8.29. The Bertz CT molecular complexity index is 1290. The van der Waals surface area contributed by atoms with Crippen LogP contribution in [0, 0.1) is 0 Å². The van der Waals surface area contributed by atoms with E-state index in [1.54, 1.807) is 6.92 Å². The molecule has 5 heteroatoms. The summed E-state index contributed by atoms with van der Waals surface area (Å²) in [7, 11) is 0. The molecule has 5 nitrogen and oxygen atoms in total. The van der Waals surface area contributed by atoms with Crippen molar-refractivity contribution in [3.8, 4) is 0 Å². The summed E-state index contributed by atoms with van der Waals surface area (Å²) in [6.07, 6.45) is 1.98. The van der Waals surface area contributed by atoms with E-state index in [2.05, 4.69) is 48.2 Å². The zero-order chi connectivity index (χ0) is 24.1. The largest absolute Gasteiger partial charge is 0.466 e. The number of hydrogen-bond donors (Lipinski definition) is 0. The Morgan fingerprint density at radius 3 is 2.37 bits per heavy atom. The number of anilines is 1. The molecular formula is C30H32N2O3. The maximum Gasteiger partial charge on any atom is 0.306 e. The fraction of sp³-hybridized carbons (Fsp3) is 0.400. The van der Waals surface area contributed by atoms with Gasteiger partial charge in [0.15, 0.2) is 0 Å². The van der Waals surface area contributed by atoms with Crippen molar-refractivity contribution in [1.82, 2.24) is 4.90 Å². The van der Waals surface area contributed by atoms with Crippen molar-refractivity contribution in [2.75, 3.05) is 24.6 Å². The highest BCUT2D eigenvalue weighted by atomic mass is 16.5. The Morgan fingerprint density at radius 2 is 1.63 bits per heavy atom. The summed E-state index contributed by atoms with van der Waals surface area (Å²) in [4.78, 5) is 30.4. The van der Waals surface area contributed by atoms with Crippen LogP contribution in [0.25, 0.3) is 10.8 Å². The molecule has 0 spiro atoms. The van der Waals surface area contributed by atoms with Gasteiger partial charge in [-0.05, 0) is 53.3 Å². The Hall–Kier alpha value is -3.18. The van der Waals surface area contributed by atoms with E-state index in [1.807, 2.05) is 29.2 Å². The Labute approximate surface area is 206 Å². The first-order chi connectivity index (χ1) is 17.1. The maximum absolute atomic E-state index is 13.6. The van der Waals surface area contributed by atoms with Gasteiger partial charge >= 0.3 is 5.97 Å². The summed E-state index contributed by atoms with van der Waals surface area (Å²) < 4.78 is 5.16. The number of likely N-dealkylation sites (tertiary alicyclic amines) is 1. The lowest BCUT2D eigenvalue weighted by Crippen LogP contribution is -2.48. The molecule has 3 unspecified atom stereocenters. The van der Waals surface area contributed by atoms with Crippen molar-refractivity contribution in [3.63, 3.8) is 0 Å². The third-order valence-electron chi connectivity index (χ3n) is 8.29. The van der Waals surface area contributed by atoms with E-state index >= 15 is 0 Å². The molecule has 3 aromatic carbocycles. The van der Waals surface area contributed by atoms with Crippen LogP contribution in [0.15, 0.2) is 60.7 Å². The van der Waals surface area contributed by atoms with Crippen molar-refractivity contribution in [2.24, 2.45) is 0 Å². The summed E-state index contributed by atoms with van der Waals surface area (Å²) >= 11 is 0. The minimum atomic E-state index is -0.440. The number of piperidine rings is 1. The smallest absolute Gasteiger partial charge is 0.306 e. The van der Waals surface area contributed by atoms with E-state index in [4.69, 9.17) is 4.74 Å². The second kappa shape index (κ2) is 8.80. The molecule has 0 bridgehead atoms. The summed E-state index contributed by atoms with van der Waals surface area (Å²) in [6.45, 7) is 6.40. The lowest BCUT2D eigenvalue weighted by molar-refractivity contribution is -0.144. The minimum Gasteiger partial charge on any atom is -0.466 e. The lowest BCUT2D eigenvalue weighted by atomic mass is 9.93. The minimum absolute atomic E-state index is 0.0455. The first-order valence-corrected chi connectivity index (χ1v) is 12.9. The fourth-order valence-corrected chi connectivity index (χ4v) is 6.78. The van der Waals surface area contributed by atoms with Crippen molar-refractivity contribution in [1.29, 1.82) is 0 Å². The molecule has 0 N–H and O–H groups in total. The number of rotatable bonds is 5. The van der Waals surface area contributed by atoms with Gasteiger partial charge in [0, 0.05) is 36.8 Å². The van der Waals surface area contributed by atoms with Crippen LogP contribution in [-0.4, -0.2) is 42.5 Å². The summed E-state index contributed by atoms with van der Waals surface area (Å²) in [5, 5.41) is 2.76. The predicted molar refractivity (Wildman–Crippen MR) is 138 cm³/mol. The Morgan fingerprint density at radius 1 is 0.943 bits per heavy atom. The van der Waals surface area contributed by atoms with Gasteiger partial charge in [-0.15, -0.1) is 0 Å². The zero-order valence-corrected chi connectivity index (χ0v) is 20.4. The van der Waals surface area contributed by atoms with Crippen LogP contribution in [0.4, 0.5) is 5.69 Å².